The van der Waals surface area contributed by atoms with Gasteiger partial charge >= 0.3 is 5.69 Å². The predicted octanol–water partition coefficient (Wildman–Crippen LogP) is -0.0840. The highest BCUT2D eigenvalue weighted by molar-refractivity contribution is 5.76. The number of nitrogens with zero attached hydrogens (tertiary/aromatic N) is 5. The van der Waals surface area contributed by atoms with Crippen molar-refractivity contribution in [2.45, 2.75) is 33.4 Å². The average Bonchev–Trinajstić information content (AvgIpc) is 2.95. The number of nitrogens with one attached hydrogen (secondary N) is 1. The Morgan fingerprint density at radius 3 is 2.91 bits per heavy atom. The molecule has 0 radical (unpaired) electrons. The van der Waals surface area contributed by atoms with Gasteiger partial charge in [-0.2, -0.15) is 10.2 Å². The number of fused-ring (bicyclic) bond motifs is 1. The quantitative estimate of drug-likeness (QED) is 0.840. The van der Waals surface area contributed by atoms with E-state index in [1.54, 1.807) is 18.1 Å². The molecule has 3 heterocycles. The van der Waals surface area contributed by atoms with Gasteiger partial charge in [0.1, 0.15) is 12.9 Å². The Kier molecular flexibility index (Phi) is 3.38. The minimum atomic E-state index is -0.286. The molecule has 0 bridgehead atoms. The van der Waals surface area contributed by atoms with Gasteiger partial charge < -0.3 is 4.90 Å². The van der Waals surface area contributed by atoms with Crippen molar-refractivity contribution in [3.63, 3.8) is 0 Å². The Labute approximate surface area is 127 Å². The van der Waals surface area contributed by atoms with Crippen LogP contribution in [0, 0.1) is 5.41 Å². The molecule has 8 nitrogen and oxygen atoms in total. The number of rotatable bonds is 2. The van der Waals surface area contributed by atoms with E-state index < -0.39 is 0 Å². The number of H-pyrrole nitrogens is 1. The molecule has 0 spiro atoms. The lowest BCUT2D eigenvalue weighted by Crippen LogP contribution is -2.41. The normalized spacial score (nSPS) is 17.1. The second-order valence-corrected chi connectivity index (χ2v) is 6.65. The number of amides is 1. The van der Waals surface area contributed by atoms with Crippen LogP contribution in [0.2, 0.25) is 0 Å². The smallest absolute Gasteiger partial charge is 0.336 e. The number of hydrogen-bond donors (Lipinski definition) is 1. The van der Waals surface area contributed by atoms with Crippen molar-refractivity contribution in [3.05, 3.63) is 34.3 Å². The number of aromatic nitrogens is 5. The van der Waals surface area contributed by atoms with Crippen molar-refractivity contribution in [1.29, 1.82) is 0 Å². The van der Waals surface area contributed by atoms with Gasteiger partial charge in [-0.15, -0.1) is 0 Å². The summed E-state index contributed by atoms with van der Waals surface area (Å²) in [5.41, 5.74) is 1.77. The number of aryl methyl sites for hydroxylation is 1. The summed E-state index contributed by atoms with van der Waals surface area (Å²) in [6, 6.07) is 0. The highest BCUT2D eigenvalue weighted by Crippen LogP contribution is 2.28. The molecule has 1 aliphatic heterocycles. The summed E-state index contributed by atoms with van der Waals surface area (Å²) in [6.45, 7) is 5.35. The zero-order chi connectivity index (χ0) is 15.9. The molecule has 3 rings (SSSR count). The first-order valence-electron chi connectivity index (χ1n) is 7.23. The van der Waals surface area contributed by atoms with Crippen LogP contribution in [-0.2, 0) is 31.4 Å². The molecular formula is C14H20N6O2. The number of carbonyl (C=O) groups excluding carboxylic acids is 1. The highest BCUT2D eigenvalue weighted by atomic mass is 16.2. The van der Waals surface area contributed by atoms with E-state index in [1.165, 1.54) is 15.6 Å². The summed E-state index contributed by atoms with van der Waals surface area (Å²) in [6.07, 6.45) is 4.02. The van der Waals surface area contributed by atoms with Crippen LogP contribution in [-0.4, -0.2) is 41.9 Å². The van der Waals surface area contributed by atoms with Gasteiger partial charge in [-0.05, 0) is 11.8 Å². The van der Waals surface area contributed by atoms with E-state index in [0.717, 1.165) is 17.7 Å². The molecule has 1 aliphatic rings. The van der Waals surface area contributed by atoms with E-state index in [4.69, 9.17) is 0 Å². The molecule has 0 unspecified atom stereocenters. The second kappa shape index (κ2) is 5.11. The summed E-state index contributed by atoms with van der Waals surface area (Å²) in [7, 11) is 1.61. The monoisotopic (exact) mass is 304 g/mol. The third-order valence-corrected chi connectivity index (χ3v) is 3.97. The fraction of sp³-hybridized carbons (Fsp3) is 0.571. The summed E-state index contributed by atoms with van der Waals surface area (Å²) in [5.74, 6) is -0.108. The van der Waals surface area contributed by atoms with Crippen LogP contribution in [0.3, 0.4) is 0 Å². The van der Waals surface area contributed by atoms with Gasteiger partial charge in [-0.1, -0.05) is 13.8 Å². The lowest BCUT2D eigenvalue weighted by molar-refractivity contribution is -0.134. The molecule has 0 atom stereocenters. The van der Waals surface area contributed by atoms with Crippen LogP contribution in [0.1, 0.15) is 25.1 Å². The lowest BCUT2D eigenvalue weighted by Gasteiger charge is -2.29. The third kappa shape index (κ3) is 2.68. The molecule has 1 N–H and O–H groups in total. The molecule has 0 saturated heterocycles. The molecule has 0 aliphatic carbocycles. The molecule has 2 aromatic heterocycles. The fourth-order valence-electron chi connectivity index (χ4n) is 2.87. The highest BCUT2D eigenvalue weighted by Gasteiger charge is 2.31. The van der Waals surface area contributed by atoms with Crippen molar-refractivity contribution in [2.75, 3.05) is 6.54 Å². The summed E-state index contributed by atoms with van der Waals surface area (Å²) < 4.78 is 2.55. The van der Waals surface area contributed by atoms with Crippen LogP contribution < -0.4 is 5.69 Å². The fourth-order valence-corrected chi connectivity index (χ4v) is 2.87. The number of carbonyl (C=O) groups is 1. The molecule has 2 aromatic rings. The van der Waals surface area contributed by atoms with E-state index in [-0.39, 0.29) is 23.6 Å². The largest absolute Gasteiger partial charge is 0.345 e. The van der Waals surface area contributed by atoms with Crippen molar-refractivity contribution < 1.29 is 4.79 Å². The number of hydrogen-bond acceptors (Lipinski definition) is 4. The molecule has 0 aromatic carbocycles. The first kappa shape index (κ1) is 14.6. The van der Waals surface area contributed by atoms with Gasteiger partial charge in [-0.3, -0.25) is 14.5 Å². The van der Waals surface area contributed by atoms with E-state index >= 15 is 0 Å². The van der Waals surface area contributed by atoms with Crippen LogP contribution in [0.25, 0.3) is 0 Å². The van der Waals surface area contributed by atoms with Crippen molar-refractivity contribution in [2.24, 2.45) is 12.5 Å². The first-order valence-corrected chi connectivity index (χ1v) is 7.23. The Morgan fingerprint density at radius 1 is 1.45 bits per heavy atom. The minimum Gasteiger partial charge on any atom is -0.336 e. The Balaban J connectivity index is 1.83. The maximum Gasteiger partial charge on any atom is 0.345 e. The van der Waals surface area contributed by atoms with Crippen molar-refractivity contribution in [3.8, 4) is 0 Å². The van der Waals surface area contributed by atoms with Crippen LogP contribution in [0.4, 0.5) is 0 Å². The SMILES string of the molecule is Cn1cnn(CC(=O)N2Cc3cn[nH]c3CC(C)(C)C2)c1=O. The number of aromatic amines is 1. The Hall–Kier alpha value is -2.38. The van der Waals surface area contributed by atoms with E-state index in [9.17, 15) is 9.59 Å². The molecule has 118 valence electrons. The van der Waals surface area contributed by atoms with E-state index in [2.05, 4.69) is 29.1 Å². The van der Waals surface area contributed by atoms with E-state index in [1.807, 2.05) is 0 Å². The minimum absolute atomic E-state index is 0.0388. The zero-order valence-corrected chi connectivity index (χ0v) is 13.0. The van der Waals surface area contributed by atoms with Crippen LogP contribution in [0.15, 0.2) is 17.3 Å². The molecule has 0 fully saturated rings. The zero-order valence-electron chi connectivity index (χ0n) is 13.0. The topological polar surface area (TPSA) is 88.8 Å². The van der Waals surface area contributed by atoms with Crippen molar-refractivity contribution in [1.82, 2.24) is 29.4 Å². The summed E-state index contributed by atoms with van der Waals surface area (Å²) in [5, 5.41) is 11.0. The van der Waals surface area contributed by atoms with Crippen LogP contribution >= 0.6 is 0 Å². The molecular weight excluding hydrogens is 284 g/mol. The maximum absolute atomic E-state index is 12.6. The van der Waals surface area contributed by atoms with Gasteiger partial charge in [0, 0.05) is 31.4 Å². The van der Waals surface area contributed by atoms with Gasteiger partial charge in [0.05, 0.1) is 6.20 Å². The van der Waals surface area contributed by atoms with Crippen molar-refractivity contribution >= 4 is 5.91 Å². The molecule has 1 amide bonds. The first-order chi connectivity index (χ1) is 10.4. The molecule has 0 saturated carbocycles. The van der Waals surface area contributed by atoms with Gasteiger partial charge in [-0.25, -0.2) is 9.48 Å². The van der Waals surface area contributed by atoms with Gasteiger partial charge in [0.25, 0.3) is 0 Å². The van der Waals surface area contributed by atoms with Gasteiger partial charge in [0.15, 0.2) is 0 Å². The standard InChI is InChI=1S/C14H20N6O2/c1-14(2)4-11-10(5-15-17-11)6-19(8-14)12(21)7-20-13(22)18(3)9-16-20/h5,9H,4,6-8H2,1-3H3,(H,15,17). The van der Waals surface area contributed by atoms with Gasteiger partial charge in [0.2, 0.25) is 5.91 Å². The summed E-state index contributed by atoms with van der Waals surface area (Å²) in [4.78, 5) is 26.2. The Bertz CT molecular complexity index is 753. The average molecular weight is 304 g/mol. The maximum atomic E-state index is 12.6. The summed E-state index contributed by atoms with van der Waals surface area (Å²) >= 11 is 0. The van der Waals surface area contributed by atoms with Crippen LogP contribution in [0.5, 0.6) is 0 Å². The Morgan fingerprint density at radius 2 is 2.23 bits per heavy atom. The third-order valence-electron chi connectivity index (χ3n) is 3.97. The predicted molar refractivity (Wildman–Crippen MR) is 79.0 cm³/mol. The molecule has 22 heavy (non-hydrogen) atoms. The molecule has 8 heteroatoms. The van der Waals surface area contributed by atoms with E-state index in [0.29, 0.717) is 13.1 Å². The second-order valence-electron chi connectivity index (χ2n) is 6.65. The lowest BCUT2D eigenvalue weighted by atomic mass is 9.88.